The molecule has 0 fully saturated rings. The summed E-state index contributed by atoms with van der Waals surface area (Å²) >= 11 is 16.4. The molecule has 0 aliphatic rings. The van der Waals surface area contributed by atoms with Crippen molar-refractivity contribution in [3.05, 3.63) is 39.9 Å². The van der Waals surface area contributed by atoms with Gasteiger partial charge in [-0.15, -0.1) is 0 Å². The fourth-order valence-corrected chi connectivity index (χ4v) is 3.66. The summed E-state index contributed by atoms with van der Waals surface area (Å²) in [6.07, 6.45) is 0. The quantitative estimate of drug-likeness (QED) is 0.313. The van der Waals surface area contributed by atoms with Gasteiger partial charge in [-0.05, 0) is 6.92 Å². The first-order valence-electron chi connectivity index (χ1n) is 6.17. The van der Waals surface area contributed by atoms with Gasteiger partial charge in [0.05, 0.1) is 4.92 Å². The van der Waals surface area contributed by atoms with Gasteiger partial charge >= 0.3 is 3.12 Å². The predicted molar refractivity (Wildman–Crippen MR) is 87.2 cm³/mol. The van der Waals surface area contributed by atoms with E-state index in [1.165, 1.54) is 23.7 Å². The van der Waals surface area contributed by atoms with Crippen molar-refractivity contribution in [2.75, 3.05) is 0 Å². The van der Waals surface area contributed by atoms with E-state index in [0.717, 1.165) is 13.0 Å². The molecule has 1 aromatic rings. The van der Waals surface area contributed by atoms with Crippen LogP contribution in [0.4, 0.5) is 5.69 Å². The largest absolute Gasteiger partial charge is 0.306 e. The van der Waals surface area contributed by atoms with Gasteiger partial charge in [0.25, 0.3) is 21.6 Å². The third-order valence-electron chi connectivity index (χ3n) is 3.04. The molecule has 0 heterocycles. The molecule has 0 saturated heterocycles. The summed E-state index contributed by atoms with van der Waals surface area (Å²) in [7, 11) is -4.70. The summed E-state index contributed by atoms with van der Waals surface area (Å²) in [5.41, 5.74) is 0.878. The molecule has 0 aliphatic carbocycles. The van der Waals surface area contributed by atoms with Gasteiger partial charge < -0.3 is 0 Å². The highest BCUT2D eigenvalue weighted by molar-refractivity contribution is 7.95. The van der Waals surface area contributed by atoms with Gasteiger partial charge in [0.1, 0.15) is 6.04 Å². The van der Waals surface area contributed by atoms with Crippen LogP contribution >= 0.6 is 34.8 Å². The monoisotopic (exact) mass is 419 g/mol. The predicted octanol–water partition coefficient (Wildman–Crippen LogP) is 1.95. The molecule has 1 aromatic carbocycles. The van der Waals surface area contributed by atoms with Crippen LogP contribution in [0.5, 0.6) is 0 Å². The summed E-state index contributed by atoms with van der Waals surface area (Å²) < 4.78 is 22.4. The Bertz CT molecular complexity index is 737. The first-order chi connectivity index (χ1) is 10.9. The molecule has 0 saturated carbocycles. The number of nitro groups is 1. The number of halogens is 3. The van der Waals surface area contributed by atoms with Crippen molar-refractivity contribution in [2.24, 2.45) is 0 Å². The van der Waals surface area contributed by atoms with Crippen LogP contribution in [-0.4, -0.2) is 37.9 Å². The standard InChI is InChI=1S/C11H12Cl3N3O6S/c1-7(10(18)15-19)16(24(22,23)11(12,13)14)6-8-4-2-3-5-9(8)17(20)21/h2-5,7,19H,6H2,1H3,(H,15,18). The average molecular weight is 421 g/mol. The Hall–Kier alpha value is -1.17. The smallest absolute Gasteiger partial charge is 0.289 e. The molecule has 1 atom stereocenters. The number of amides is 1. The summed E-state index contributed by atoms with van der Waals surface area (Å²) in [5, 5.41) is 19.8. The van der Waals surface area contributed by atoms with Gasteiger partial charge in [-0.1, -0.05) is 53.0 Å². The molecule has 0 aliphatic heterocycles. The van der Waals surface area contributed by atoms with Gasteiger partial charge in [0.2, 0.25) is 0 Å². The lowest BCUT2D eigenvalue weighted by Gasteiger charge is -2.29. The minimum Gasteiger partial charge on any atom is -0.289 e. The van der Waals surface area contributed by atoms with Crippen molar-refractivity contribution >= 4 is 56.4 Å². The molecule has 0 bridgehead atoms. The van der Waals surface area contributed by atoms with Gasteiger partial charge in [0.15, 0.2) is 0 Å². The van der Waals surface area contributed by atoms with E-state index in [-0.39, 0.29) is 11.3 Å². The third kappa shape index (κ3) is 4.47. The lowest BCUT2D eigenvalue weighted by atomic mass is 10.1. The van der Waals surface area contributed by atoms with Crippen LogP contribution in [0.3, 0.4) is 0 Å². The zero-order chi connectivity index (χ0) is 18.7. The second-order valence-corrected chi connectivity index (χ2v) is 9.52. The van der Waals surface area contributed by atoms with E-state index in [9.17, 15) is 23.3 Å². The molecule has 24 heavy (non-hydrogen) atoms. The number of nitro benzene ring substituents is 1. The SMILES string of the molecule is CC(C(=O)NO)N(Cc1ccccc1[N+](=O)[O-])S(=O)(=O)C(Cl)(Cl)Cl. The van der Waals surface area contributed by atoms with E-state index >= 15 is 0 Å². The molecule has 13 heteroatoms. The van der Waals surface area contributed by atoms with Crippen LogP contribution in [-0.2, 0) is 21.4 Å². The number of benzene rings is 1. The Morgan fingerprint density at radius 1 is 1.42 bits per heavy atom. The van der Waals surface area contributed by atoms with Crippen molar-refractivity contribution in [3.63, 3.8) is 0 Å². The van der Waals surface area contributed by atoms with Crippen LogP contribution in [0.2, 0.25) is 0 Å². The van der Waals surface area contributed by atoms with E-state index in [1.807, 2.05) is 0 Å². The number of carbonyl (C=O) groups is 1. The molecule has 0 spiro atoms. The highest BCUT2D eigenvalue weighted by Gasteiger charge is 2.46. The van der Waals surface area contributed by atoms with Gasteiger partial charge in [-0.3, -0.25) is 20.1 Å². The zero-order valence-electron chi connectivity index (χ0n) is 12.0. The number of nitrogens with zero attached hydrogens (tertiary/aromatic N) is 2. The van der Waals surface area contributed by atoms with Crippen molar-refractivity contribution in [3.8, 4) is 0 Å². The number of carbonyl (C=O) groups excluding carboxylic acids is 1. The highest BCUT2D eigenvalue weighted by atomic mass is 35.6. The Balaban J connectivity index is 3.41. The number of hydrogen-bond donors (Lipinski definition) is 2. The normalized spacial score (nSPS) is 13.6. The topological polar surface area (TPSA) is 130 Å². The second-order valence-electron chi connectivity index (χ2n) is 4.53. The molecule has 0 aromatic heterocycles. The first-order valence-corrected chi connectivity index (χ1v) is 8.75. The molecule has 2 N–H and O–H groups in total. The van der Waals surface area contributed by atoms with E-state index < -0.39 is 36.6 Å². The number of hydrogen-bond acceptors (Lipinski definition) is 6. The van der Waals surface area contributed by atoms with Crippen molar-refractivity contribution < 1.29 is 23.3 Å². The summed E-state index contributed by atoms with van der Waals surface area (Å²) in [6, 6.07) is 3.78. The maximum atomic E-state index is 12.4. The first kappa shape index (κ1) is 20.9. The van der Waals surface area contributed by atoms with Crippen molar-refractivity contribution in [1.29, 1.82) is 0 Å². The fourth-order valence-electron chi connectivity index (χ4n) is 1.78. The minimum absolute atomic E-state index is 0.0297. The fraction of sp³-hybridized carbons (Fsp3) is 0.364. The molecular formula is C11H12Cl3N3O6S. The summed E-state index contributed by atoms with van der Waals surface area (Å²) in [4.78, 5) is 21.9. The highest BCUT2D eigenvalue weighted by Crippen LogP contribution is 2.37. The number of sulfonamides is 1. The Kier molecular flexibility index (Phi) is 6.79. The lowest BCUT2D eigenvalue weighted by Crippen LogP contribution is -2.50. The van der Waals surface area contributed by atoms with Crippen LogP contribution in [0.1, 0.15) is 12.5 Å². The van der Waals surface area contributed by atoms with E-state index in [1.54, 1.807) is 0 Å². The van der Waals surface area contributed by atoms with E-state index in [4.69, 9.17) is 40.0 Å². The average Bonchev–Trinajstić information content (AvgIpc) is 2.50. The molecule has 134 valence electrons. The van der Waals surface area contributed by atoms with Crippen molar-refractivity contribution in [2.45, 2.75) is 22.6 Å². The van der Waals surface area contributed by atoms with Crippen molar-refractivity contribution in [1.82, 2.24) is 9.79 Å². The Morgan fingerprint density at radius 2 is 1.96 bits per heavy atom. The zero-order valence-corrected chi connectivity index (χ0v) is 15.1. The lowest BCUT2D eigenvalue weighted by molar-refractivity contribution is -0.385. The number of alkyl halides is 3. The van der Waals surface area contributed by atoms with Crippen LogP contribution in [0.15, 0.2) is 24.3 Å². The number of nitrogens with one attached hydrogen (secondary N) is 1. The number of rotatable bonds is 6. The Morgan fingerprint density at radius 3 is 2.42 bits per heavy atom. The molecule has 1 rings (SSSR count). The molecular weight excluding hydrogens is 409 g/mol. The van der Waals surface area contributed by atoms with E-state index in [0.29, 0.717) is 4.31 Å². The second kappa shape index (κ2) is 7.81. The maximum absolute atomic E-state index is 12.4. The molecule has 1 amide bonds. The third-order valence-corrected chi connectivity index (χ3v) is 6.44. The molecule has 0 radical (unpaired) electrons. The van der Waals surface area contributed by atoms with Crippen LogP contribution < -0.4 is 5.48 Å². The van der Waals surface area contributed by atoms with Gasteiger partial charge in [0, 0.05) is 18.2 Å². The Labute approximate surface area is 152 Å². The molecule has 1 unspecified atom stereocenters. The summed E-state index contributed by atoms with van der Waals surface area (Å²) in [5.74, 6) is -1.11. The van der Waals surface area contributed by atoms with E-state index in [2.05, 4.69) is 0 Å². The van der Waals surface area contributed by atoms with Crippen LogP contribution in [0, 0.1) is 10.1 Å². The van der Waals surface area contributed by atoms with Gasteiger partial charge in [-0.2, -0.15) is 4.31 Å². The number of para-hydroxylation sites is 1. The minimum atomic E-state index is -4.70. The van der Waals surface area contributed by atoms with Crippen LogP contribution in [0.25, 0.3) is 0 Å². The number of hydroxylamine groups is 1. The summed E-state index contributed by atoms with van der Waals surface area (Å²) in [6.45, 7) is 0.496. The maximum Gasteiger partial charge on any atom is 0.306 e. The molecule has 9 nitrogen and oxygen atoms in total. The van der Waals surface area contributed by atoms with Gasteiger partial charge in [-0.25, -0.2) is 13.9 Å².